The van der Waals surface area contributed by atoms with Gasteiger partial charge in [0, 0.05) is 44.5 Å². The minimum Gasteiger partial charge on any atom is -0.496 e. The summed E-state index contributed by atoms with van der Waals surface area (Å²) in [6, 6.07) is 11.2. The second-order valence-corrected chi connectivity index (χ2v) is 6.73. The molecule has 1 aromatic carbocycles. The quantitative estimate of drug-likeness (QED) is 0.893. The van der Waals surface area contributed by atoms with Crippen LogP contribution in [0.5, 0.6) is 5.75 Å². The van der Waals surface area contributed by atoms with Gasteiger partial charge in [0.2, 0.25) is 0 Å². The molecule has 0 bridgehead atoms. The van der Waals surface area contributed by atoms with Gasteiger partial charge in [-0.25, -0.2) is 4.98 Å². The lowest BCUT2D eigenvalue weighted by Gasteiger charge is -2.32. The average molecular weight is 354 g/mol. The van der Waals surface area contributed by atoms with Crippen molar-refractivity contribution in [3.05, 3.63) is 53.3 Å². The SMILES string of the molecule is COc1cc(NC(=O)c2cccc(CN3CCN(C)CC3)n2)ccc1C. The monoisotopic (exact) mass is 354 g/mol. The number of amides is 1. The molecule has 138 valence electrons. The number of likely N-dealkylation sites (N-methyl/N-ethyl adjacent to an activating group) is 1. The van der Waals surface area contributed by atoms with Crippen LogP contribution >= 0.6 is 0 Å². The maximum absolute atomic E-state index is 12.6. The van der Waals surface area contributed by atoms with Crippen LogP contribution in [0.2, 0.25) is 0 Å². The number of anilines is 1. The summed E-state index contributed by atoms with van der Waals surface area (Å²) in [5.41, 5.74) is 3.07. The Morgan fingerprint density at radius 3 is 2.69 bits per heavy atom. The van der Waals surface area contributed by atoms with E-state index in [1.54, 1.807) is 13.2 Å². The second-order valence-electron chi connectivity index (χ2n) is 6.73. The highest BCUT2D eigenvalue weighted by molar-refractivity contribution is 6.03. The zero-order valence-corrected chi connectivity index (χ0v) is 15.7. The maximum atomic E-state index is 12.6. The Labute approximate surface area is 154 Å². The summed E-state index contributed by atoms with van der Waals surface area (Å²) in [5, 5.41) is 2.90. The summed E-state index contributed by atoms with van der Waals surface area (Å²) in [6.45, 7) is 6.92. The van der Waals surface area contributed by atoms with Gasteiger partial charge in [-0.3, -0.25) is 9.69 Å². The third-order valence-corrected chi connectivity index (χ3v) is 4.69. The van der Waals surface area contributed by atoms with Crippen LogP contribution in [-0.2, 0) is 6.54 Å². The molecule has 0 saturated carbocycles. The molecule has 0 spiro atoms. The summed E-state index contributed by atoms with van der Waals surface area (Å²) >= 11 is 0. The topological polar surface area (TPSA) is 57.7 Å². The summed E-state index contributed by atoms with van der Waals surface area (Å²) in [6.07, 6.45) is 0. The first kappa shape index (κ1) is 18.4. The van der Waals surface area contributed by atoms with E-state index in [9.17, 15) is 4.79 Å². The van der Waals surface area contributed by atoms with Gasteiger partial charge >= 0.3 is 0 Å². The van der Waals surface area contributed by atoms with Crippen LogP contribution in [0.4, 0.5) is 5.69 Å². The number of pyridine rings is 1. The smallest absolute Gasteiger partial charge is 0.274 e. The number of piperazine rings is 1. The molecule has 6 nitrogen and oxygen atoms in total. The van der Waals surface area contributed by atoms with Gasteiger partial charge < -0.3 is 15.0 Å². The molecule has 26 heavy (non-hydrogen) atoms. The van der Waals surface area contributed by atoms with Crippen molar-refractivity contribution in [2.45, 2.75) is 13.5 Å². The molecule has 1 aliphatic heterocycles. The van der Waals surface area contributed by atoms with Crippen molar-refractivity contribution in [2.24, 2.45) is 0 Å². The Morgan fingerprint density at radius 2 is 1.96 bits per heavy atom. The van der Waals surface area contributed by atoms with Crippen molar-refractivity contribution >= 4 is 11.6 Å². The zero-order valence-electron chi connectivity index (χ0n) is 15.7. The van der Waals surface area contributed by atoms with E-state index in [0.717, 1.165) is 49.7 Å². The van der Waals surface area contributed by atoms with Gasteiger partial charge in [0.15, 0.2) is 0 Å². The van der Waals surface area contributed by atoms with Gasteiger partial charge in [-0.05, 0) is 37.7 Å². The Bertz CT molecular complexity index is 770. The number of benzene rings is 1. The highest BCUT2D eigenvalue weighted by Crippen LogP contribution is 2.22. The predicted octanol–water partition coefficient (Wildman–Crippen LogP) is 2.40. The van der Waals surface area contributed by atoms with E-state index in [4.69, 9.17) is 4.74 Å². The number of methoxy groups -OCH3 is 1. The van der Waals surface area contributed by atoms with E-state index in [0.29, 0.717) is 11.4 Å². The van der Waals surface area contributed by atoms with Gasteiger partial charge in [-0.2, -0.15) is 0 Å². The van der Waals surface area contributed by atoms with Crippen molar-refractivity contribution in [1.29, 1.82) is 0 Å². The largest absolute Gasteiger partial charge is 0.496 e. The van der Waals surface area contributed by atoms with E-state index in [-0.39, 0.29) is 5.91 Å². The van der Waals surface area contributed by atoms with Crippen molar-refractivity contribution in [2.75, 3.05) is 45.7 Å². The van der Waals surface area contributed by atoms with Crippen molar-refractivity contribution in [1.82, 2.24) is 14.8 Å². The number of nitrogens with one attached hydrogen (secondary N) is 1. The van der Waals surface area contributed by atoms with E-state index >= 15 is 0 Å². The number of aromatic nitrogens is 1. The number of nitrogens with zero attached hydrogens (tertiary/aromatic N) is 3. The predicted molar refractivity (Wildman–Crippen MR) is 103 cm³/mol. The molecule has 1 N–H and O–H groups in total. The number of ether oxygens (including phenoxy) is 1. The number of rotatable bonds is 5. The van der Waals surface area contributed by atoms with E-state index < -0.39 is 0 Å². The molecule has 6 heteroatoms. The zero-order chi connectivity index (χ0) is 18.5. The fraction of sp³-hybridized carbons (Fsp3) is 0.400. The van der Waals surface area contributed by atoms with Gasteiger partial charge in [0.05, 0.1) is 12.8 Å². The highest BCUT2D eigenvalue weighted by Gasteiger charge is 2.15. The van der Waals surface area contributed by atoms with Crippen LogP contribution in [0.15, 0.2) is 36.4 Å². The Hall–Kier alpha value is -2.44. The van der Waals surface area contributed by atoms with Crippen LogP contribution in [0.1, 0.15) is 21.7 Å². The summed E-state index contributed by atoms with van der Waals surface area (Å²) in [7, 11) is 3.76. The van der Waals surface area contributed by atoms with Crippen molar-refractivity contribution in [3.8, 4) is 5.75 Å². The normalized spacial score (nSPS) is 15.7. The number of aryl methyl sites for hydroxylation is 1. The lowest BCUT2D eigenvalue weighted by atomic mass is 10.2. The molecule has 1 saturated heterocycles. The molecule has 0 atom stereocenters. The summed E-state index contributed by atoms with van der Waals surface area (Å²) in [4.78, 5) is 21.8. The molecule has 0 radical (unpaired) electrons. The van der Waals surface area contributed by atoms with Crippen LogP contribution in [0.25, 0.3) is 0 Å². The molecule has 3 rings (SSSR count). The molecule has 2 aromatic rings. The lowest BCUT2D eigenvalue weighted by Crippen LogP contribution is -2.44. The maximum Gasteiger partial charge on any atom is 0.274 e. The van der Waals surface area contributed by atoms with Gasteiger partial charge in [-0.15, -0.1) is 0 Å². The highest BCUT2D eigenvalue weighted by atomic mass is 16.5. The van der Waals surface area contributed by atoms with E-state index in [1.165, 1.54) is 0 Å². The molecular weight excluding hydrogens is 328 g/mol. The fourth-order valence-corrected chi connectivity index (χ4v) is 3.02. The van der Waals surface area contributed by atoms with Crippen molar-refractivity contribution < 1.29 is 9.53 Å². The lowest BCUT2D eigenvalue weighted by molar-refractivity contribution is 0.102. The molecule has 0 unspecified atom stereocenters. The molecule has 1 aromatic heterocycles. The van der Waals surface area contributed by atoms with Gasteiger partial charge in [0.25, 0.3) is 5.91 Å². The van der Waals surface area contributed by atoms with Gasteiger partial charge in [-0.1, -0.05) is 12.1 Å². The van der Waals surface area contributed by atoms with Crippen LogP contribution in [0, 0.1) is 6.92 Å². The van der Waals surface area contributed by atoms with Crippen LogP contribution in [0.3, 0.4) is 0 Å². The molecule has 0 aliphatic carbocycles. The van der Waals surface area contributed by atoms with Crippen molar-refractivity contribution in [3.63, 3.8) is 0 Å². The second kappa shape index (κ2) is 8.29. The molecule has 1 aliphatic rings. The molecule has 1 fully saturated rings. The van der Waals surface area contributed by atoms with Crippen LogP contribution < -0.4 is 10.1 Å². The molecular formula is C20H26N4O2. The van der Waals surface area contributed by atoms with E-state index in [1.807, 2.05) is 37.3 Å². The minimum absolute atomic E-state index is 0.212. The first-order valence-electron chi connectivity index (χ1n) is 8.88. The van der Waals surface area contributed by atoms with E-state index in [2.05, 4.69) is 27.1 Å². The fourth-order valence-electron chi connectivity index (χ4n) is 3.02. The van der Waals surface area contributed by atoms with Crippen LogP contribution in [-0.4, -0.2) is 61.0 Å². The number of hydrogen-bond donors (Lipinski definition) is 1. The first-order chi connectivity index (χ1) is 12.5. The summed E-state index contributed by atoms with van der Waals surface area (Å²) < 4.78 is 5.31. The third-order valence-electron chi connectivity index (χ3n) is 4.69. The number of hydrogen-bond acceptors (Lipinski definition) is 5. The van der Waals surface area contributed by atoms with Gasteiger partial charge in [0.1, 0.15) is 11.4 Å². The number of carbonyl (C=O) groups is 1. The minimum atomic E-state index is -0.212. The number of carbonyl (C=O) groups excluding carboxylic acids is 1. The Kier molecular flexibility index (Phi) is 5.85. The average Bonchev–Trinajstić information content (AvgIpc) is 2.65. The Morgan fingerprint density at radius 1 is 1.19 bits per heavy atom. The molecule has 1 amide bonds. The standard InChI is InChI=1S/C20H26N4O2/c1-15-7-8-16(13-19(15)26-3)22-20(25)18-6-4-5-17(21-18)14-24-11-9-23(2)10-12-24/h4-8,13H,9-12,14H2,1-3H3,(H,22,25). The first-order valence-corrected chi connectivity index (χ1v) is 8.88. The summed E-state index contributed by atoms with van der Waals surface area (Å²) in [5.74, 6) is 0.538. The molecule has 2 heterocycles. The Balaban J connectivity index is 1.66. The third kappa shape index (κ3) is 4.59.